The molecule has 0 aliphatic rings. The van der Waals surface area contributed by atoms with Crippen molar-refractivity contribution in [3.63, 3.8) is 0 Å². The zero-order chi connectivity index (χ0) is 10.6. The Morgan fingerprint density at radius 1 is 1.50 bits per heavy atom. The van der Waals surface area contributed by atoms with Crippen LogP contribution in [-0.2, 0) is 4.79 Å². The molecule has 0 saturated carbocycles. The number of allylic oxidation sites excluding steroid dienone is 1. The number of rotatable bonds is 3. The Morgan fingerprint density at radius 3 is 2.79 bits per heavy atom. The van der Waals surface area contributed by atoms with E-state index in [9.17, 15) is 4.79 Å². The predicted octanol–water partition coefficient (Wildman–Crippen LogP) is 1.88. The van der Waals surface area contributed by atoms with Crippen molar-refractivity contribution in [3.05, 3.63) is 29.8 Å². The molecule has 0 bridgehead atoms. The Kier molecular flexibility index (Phi) is 3.29. The van der Waals surface area contributed by atoms with Crippen molar-refractivity contribution in [3.8, 4) is 5.75 Å². The van der Waals surface area contributed by atoms with Crippen LogP contribution in [0.2, 0.25) is 0 Å². The van der Waals surface area contributed by atoms with Gasteiger partial charge < -0.3 is 10.5 Å². The van der Waals surface area contributed by atoms with Crippen molar-refractivity contribution in [2.24, 2.45) is 0 Å². The first kappa shape index (κ1) is 10.3. The van der Waals surface area contributed by atoms with Crippen LogP contribution >= 0.6 is 0 Å². The summed E-state index contributed by atoms with van der Waals surface area (Å²) in [5.74, 6) is 0.717. The number of hydrogen-bond donors (Lipinski definition) is 1. The maximum atomic E-state index is 10.7. The van der Waals surface area contributed by atoms with Gasteiger partial charge in [-0.15, -0.1) is 0 Å². The number of hydrogen-bond acceptors (Lipinski definition) is 3. The smallest absolute Gasteiger partial charge is 0.152 e. The Labute approximate surface area is 83.2 Å². The molecule has 1 aromatic rings. The Morgan fingerprint density at radius 2 is 2.21 bits per heavy atom. The van der Waals surface area contributed by atoms with Crippen LogP contribution < -0.4 is 10.5 Å². The van der Waals surface area contributed by atoms with Crippen molar-refractivity contribution >= 4 is 17.5 Å². The standard InChI is InChI=1S/C11H13NO2/c1-8(13)3-4-9-7-10(14-2)5-6-11(9)12/h3-7H,12H2,1-2H3/b4-3+. The summed E-state index contributed by atoms with van der Waals surface area (Å²) in [6.07, 6.45) is 3.16. The maximum absolute atomic E-state index is 10.7. The minimum absolute atomic E-state index is 0.00720. The lowest BCUT2D eigenvalue weighted by molar-refractivity contribution is -0.112. The van der Waals surface area contributed by atoms with Gasteiger partial charge in [-0.2, -0.15) is 0 Å². The minimum Gasteiger partial charge on any atom is -0.497 e. The lowest BCUT2D eigenvalue weighted by Crippen LogP contribution is -1.91. The molecule has 1 rings (SSSR count). The summed E-state index contributed by atoms with van der Waals surface area (Å²) < 4.78 is 5.04. The fourth-order valence-corrected chi connectivity index (χ4v) is 1.03. The number of nitrogens with two attached hydrogens (primary N) is 1. The maximum Gasteiger partial charge on any atom is 0.152 e. The highest BCUT2D eigenvalue weighted by Crippen LogP contribution is 2.20. The Balaban J connectivity index is 3.00. The average Bonchev–Trinajstić information content (AvgIpc) is 2.16. The molecule has 1 aromatic carbocycles. The third kappa shape index (κ3) is 2.62. The predicted molar refractivity (Wildman–Crippen MR) is 57.1 cm³/mol. The van der Waals surface area contributed by atoms with E-state index in [0.717, 1.165) is 11.3 Å². The molecule has 14 heavy (non-hydrogen) atoms. The first-order valence-corrected chi connectivity index (χ1v) is 4.25. The summed E-state index contributed by atoms with van der Waals surface area (Å²) in [4.78, 5) is 10.7. The fraction of sp³-hybridized carbons (Fsp3) is 0.182. The minimum atomic E-state index is -0.00720. The van der Waals surface area contributed by atoms with Gasteiger partial charge in [0, 0.05) is 11.3 Å². The van der Waals surface area contributed by atoms with Crippen LogP contribution in [0.5, 0.6) is 5.75 Å². The van der Waals surface area contributed by atoms with Crippen LogP contribution in [0, 0.1) is 0 Å². The van der Waals surface area contributed by atoms with Gasteiger partial charge in [-0.05, 0) is 37.3 Å². The third-order valence-corrected chi connectivity index (χ3v) is 1.79. The molecule has 3 nitrogen and oxygen atoms in total. The van der Waals surface area contributed by atoms with Gasteiger partial charge in [0.05, 0.1) is 7.11 Å². The lowest BCUT2D eigenvalue weighted by Gasteiger charge is -2.03. The molecule has 0 amide bonds. The number of carbonyl (C=O) groups is 1. The normalized spacial score (nSPS) is 10.4. The molecule has 3 heteroatoms. The summed E-state index contributed by atoms with van der Waals surface area (Å²) in [6, 6.07) is 5.31. The van der Waals surface area contributed by atoms with E-state index in [4.69, 9.17) is 10.5 Å². The van der Waals surface area contributed by atoms with E-state index in [1.807, 2.05) is 0 Å². The van der Waals surface area contributed by atoms with Gasteiger partial charge in [-0.1, -0.05) is 0 Å². The van der Waals surface area contributed by atoms with Gasteiger partial charge in [0.15, 0.2) is 5.78 Å². The summed E-state index contributed by atoms with van der Waals surface area (Å²) in [7, 11) is 1.59. The summed E-state index contributed by atoms with van der Waals surface area (Å²) in [6.45, 7) is 1.49. The number of nitrogen functional groups attached to an aromatic ring is 1. The second-order valence-corrected chi connectivity index (χ2v) is 2.94. The highest BCUT2D eigenvalue weighted by molar-refractivity contribution is 5.92. The molecule has 0 saturated heterocycles. The molecule has 0 aliphatic heterocycles. The van der Waals surface area contributed by atoms with E-state index >= 15 is 0 Å². The average molecular weight is 191 g/mol. The molecular formula is C11H13NO2. The van der Waals surface area contributed by atoms with Gasteiger partial charge >= 0.3 is 0 Å². The van der Waals surface area contributed by atoms with Gasteiger partial charge in [0.25, 0.3) is 0 Å². The molecule has 0 spiro atoms. The molecule has 0 unspecified atom stereocenters. The highest BCUT2D eigenvalue weighted by Gasteiger charge is 1.97. The van der Waals surface area contributed by atoms with Gasteiger partial charge in [-0.3, -0.25) is 4.79 Å². The summed E-state index contributed by atoms with van der Waals surface area (Å²) in [5, 5.41) is 0. The van der Waals surface area contributed by atoms with E-state index < -0.39 is 0 Å². The fourth-order valence-electron chi connectivity index (χ4n) is 1.03. The SMILES string of the molecule is COc1ccc(N)c(/C=C/C(C)=O)c1. The number of carbonyl (C=O) groups excluding carboxylic acids is 1. The van der Waals surface area contributed by atoms with Gasteiger partial charge in [-0.25, -0.2) is 0 Å². The van der Waals surface area contributed by atoms with Crippen LogP contribution in [0.15, 0.2) is 24.3 Å². The van der Waals surface area contributed by atoms with Crippen molar-refractivity contribution in [1.29, 1.82) is 0 Å². The van der Waals surface area contributed by atoms with Crippen molar-refractivity contribution < 1.29 is 9.53 Å². The number of methoxy groups -OCH3 is 1. The summed E-state index contributed by atoms with van der Waals surface area (Å²) in [5.41, 5.74) is 7.13. The monoisotopic (exact) mass is 191 g/mol. The molecule has 0 aliphatic carbocycles. The number of ether oxygens (including phenoxy) is 1. The molecule has 74 valence electrons. The first-order chi connectivity index (χ1) is 6.63. The molecule has 0 fully saturated rings. The second kappa shape index (κ2) is 4.46. The van der Waals surface area contributed by atoms with E-state index in [1.165, 1.54) is 13.0 Å². The number of anilines is 1. The van der Waals surface area contributed by atoms with Crippen molar-refractivity contribution in [1.82, 2.24) is 0 Å². The van der Waals surface area contributed by atoms with Crippen LogP contribution in [0.3, 0.4) is 0 Å². The van der Waals surface area contributed by atoms with Crippen LogP contribution in [-0.4, -0.2) is 12.9 Å². The zero-order valence-corrected chi connectivity index (χ0v) is 8.28. The third-order valence-electron chi connectivity index (χ3n) is 1.79. The molecule has 0 radical (unpaired) electrons. The largest absolute Gasteiger partial charge is 0.497 e. The van der Waals surface area contributed by atoms with Crippen molar-refractivity contribution in [2.45, 2.75) is 6.92 Å². The van der Waals surface area contributed by atoms with E-state index in [-0.39, 0.29) is 5.78 Å². The lowest BCUT2D eigenvalue weighted by atomic mass is 10.1. The van der Waals surface area contributed by atoms with Gasteiger partial charge in [0.2, 0.25) is 0 Å². The quantitative estimate of drug-likeness (QED) is 0.586. The Hall–Kier alpha value is -1.77. The van der Waals surface area contributed by atoms with E-state index in [1.54, 1.807) is 31.4 Å². The molecule has 0 aromatic heterocycles. The number of benzene rings is 1. The molecular weight excluding hydrogens is 178 g/mol. The number of ketones is 1. The van der Waals surface area contributed by atoms with E-state index in [0.29, 0.717) is 5.69 Å². The van der Waals surface area contributed by atoms with Gasteiger partial charge in [0.1, 0.15) is 5.75 Å². The van der Waals surface area contributed by atoms with Crippen LogP contribution in [0.25, 0.3) is 6.08 Å². The molecule has 0 heterocycles. The highest BCUT2D eigenvalue weighted by atomic mass is 16.5. The van der Waals surface area contributed by atoms with Crippen LogP contribution in [0.4, 0.5) is 5.69 Å². The zero-order valence-electron chi connectivity index (χ0n) is 8.28. The summed E-state index contributed by atoms with van der Waals surface area (Å²) >= 11 is 0. The molecule has 0 atom stereocenters. The first-order valence-electron chi connectivity index (χ1n) is 4.25. The van der Waals surface area contributed by atoms with Crippen molar-refractivity contribution in [2.75, 3.05) is 12.8 Å². The molecule has 2 N–H and O–H groups in total. The Bertz CT molecular complexity index is 370. The topological polar surface area (TPSA) is 52.3 Å². The second-order valence-electron chi connectivity index (χ2n) is 2.94. The van der Waals surface area contributed by atoms with Crippen LogP contribution in [0.1, 0.15) is 12.5 Å². The van der Waals surface area contributed by atoms with E-state index in [2.05, 4.69) is 0 Å².